The Morgan fingerprint density at radius 3 is 2.75 bits per heavy atom. The number of aryl methyl sites for hydroxylation is 2. The Morgan fingerprint density at radius 1 is 1.30 bits per heavy atom. The summed E-state index contributed by atoms with van der Waals surface area (Å²) >= 11 is 3.37. The third-order valence-electron chi connectivity index (χ3n) is 2.77. The Bertz CT molecular complexity index is 682. The zero-order chi connectivity index (χ0) is 14.5. The summed E-state index contributed by atoms with van der Waals surface area (Å²) in [6.07, 6.45) is 0.803. The standard InChI is InChI=1S/C14H14BrN3O2/c1-18-14(20)9-7-10(17-18)6-8-13(19)16-12-5-3-2-4-11(12)15/h2-5,7,9H,6,8H2,1H3,(H,16,19). The van der Waals surface area contributed by atoms with Crippen LogP contribution in [0.15, 0.2) is 45.7 Å². The van der Waals surface area contributed by atoms with E-state index in [1.54, 1.807) is 13.1 Å². The second-order valence-electron chi connectivity index (χ2n) is 4.31. The minimum Gasteiger partial charge on any atom is -0.325 e. The van der Waals surface area contributed by atoms with Crippen molar-refractivity contribution in [2.45, 2.75) is 12.8 Å². The lowest BCUT2D eigenvalue weighted by molar-refractivity contribution is -0.116. The molecule has 104 valence electrons. The molecule has 20 heavy (non-hydrogen) atoms. The normalized spacial score (nSPS) is 10.3. The fourth-order valence-corrected chi connectivity index (χ4v) is 2.08. The molecule has 0 aliphatic heterocycles. The predicted octanol–water partition coefficient (Wildman–Crippen LogP) is 2.11. The van der Waals surface area contributed by atoms with Crippen LogP contribution >= 0.6 is 15.9 Å². The number of rotatable bonds is 4. The number of aromatic nitrogens is 2. The van der Waals surface area contributed by atoms with Gasteiger partial charge in [-0.15, -0.1) is 0 Å². The van der Waals surface area contributed by atoms with E-state index in [-0.39, 0.29) is 11.5 Å². The number of halogens is 1. The number of amides is 1. The Morgan fingerprint density at radius 2 is 2.05 bits per heavy atom. The van der Waals surface area contributed by atoms with Crippen molar-refractivity contribution in [3.8, 4) is 0 Å². The highest BCUT2D eigenvalue weighted by Gasteiger charge is 2.06. The van der Waals surface area contributed by atoms with Crippen molar-refractivity contribution in [3.63, 3.8) is 0 Å². The SMILES string of the molecule is Cn1nc(CCC(=O)Nc2ccccc2Br)ccc1=O. The van der Waals surface area contributed by atoms with E-state index in [9.17, 15) is 9.59 Å². The molecular weight excluding hydrogens is 322 g/mol. The van der Waals surface area contributed by atoms with Gasteiger partial charge >= 0.3 is 0 Å². The summed E-state index contributed by atoms with van der Waals surface area (Å²) < 4.78 is 2.11. The number of carbonyl (C=O) groups is 1. The van der Waals surface area contributed by atoms with Gasteiger partial charge in [-0.25, -0.2) is 4.68 Å². The van der Waals surface area contributed by atoms with Crippen LogP contribution in [-0.4, -0.2) is 15.7 Å². The second-order valence-corrected chi connectivity index (χ2v) is 5.17. The Kier molecular flexibility index (Phi) is 4.68. The zero-order valence-corrected chi connectivity index (χ0v) is 12.6. The molecule has 0 unspecified atom stereocenters. The fourth-order valence-electron chi connectivity index (χ4n) is 1.70. The molecule has 0 saturated carbocycles. The smallest absolute Gasteiger partial charge is 0.266 e. The average molecular weight is 336 g/mol. The van der Waals surface area contributed by atoms with Gasteiger partial charge in [0.15, 0.2) is 0 Å². The van der Waals surface area contributed by atoms with Gasteiger partial charge in [-0.3, -0.25) is 9.59 Å². The lowest BCUT2D eigenvalue weighted by Crippen LogP contribution is -2.20. The van der Waals surface area contributed by atoms with Crippen LogP contribution in [0.4, 0.5) is 5.69 Å². The van der Waals surface area contributed by atoms with Crippen molar-refractivity contribution in [1.29, 1.82) is 0 Å². The summed E-state index contributed by atoms with van der Waals surface area (Å²) in [6, 6.07) is 10.5. The number of hydrogen-bond acceptors (Lipinski definition) is 3. The Hall–Kier alpha value is -1.95. The molecule has 0 aliphatic rings. The van der Waals surface area contributed by atoms with Gasteiger partial charge in [0.2, 0.25) is 5.91 Å². The van der Waals surface area contributed by atoms with Gasteiger partial charge in [0.05, 0.1) is 11.4 Å². The first kappa shape index (κ1) is 14.5. The van der Waals surface area contributed by atoms with Crippen molar-refractivity contribution in [3.05, 3.63) is 56.9 Å². The molecule has 5 nitrogen and oxygen atoms in total. The lowest BCUT2D eigenvalue weighted by Gasteiger charge is -2.07. The Balaban J connectivity index is 1.94. The third kappa shape index (κ3) is 3.77. The minimum atomic E-state index is -0.161. The Labute approximate surface area is 124 Å². The molecule has 1 N–H and O–H groups in total. The quantitative estimate of drug-likeness (QED) is 0.930. The number of para-hydroxylation sites is 1. The van der Waals surface area contributed by atoms with E-state index in [0.717, 1.165) is 15.9 Å². The highest BCUT2D eigenvalue weighted by molar-refractivity contribution is 9.10. The number of nitrogens with zero attached hydrogens (tertiary/aromatic N) is 2. The predicted molar refractivity (Wildman–Crippen MR) is 80.6 cm³/mol. The first-order chi connectivity index (χ1) is 9.56. The van der Waals surface area contributed by atoms with Crippen molar-refractivity contribution >= 4 is 27.5 Å². The maximum Gasteiger partial charge on any atom is 0.266 e. The zero-order valence-electron chi connectivity index (χ0n) is 11.0. The van der Waals surface area contributed by atoms with Gasteiger partial charge in [-0.2, -0.15) is 5.10 Å². The highest BCUT2D eigenvalue weighted by atomic mass is 79.9. The van der Waals surface area contributed by atoms with Crippen molar-refractivity contribution in [1.82, 2.24) is 9.78 Å². The number of benzene rings is 1. The van der Waals surface area contributed by atoms with Gasteiger partial charge in [-0.05, 0) is 34.1 Å². The topological polar surface area (TPSA) is 64.0 Å². The summed E-state index contributed by atoms with van der Waals surface area (Å²) in [6.45, 7) is 0. The molecule has 0 fully saturated rings. The van der Waals surface area contributed by atoms with Crippen LogP contribution in [-0.2, 0) is 18.3 Å². The molecule has 0 aliphatic carbocycles. The van der Waals surface area contributed by atoms with E-state index >= 15 is 0 Å². The van der Waals surface area contributed by atoms with Gasteiger partial charge in [0.25, 0.3) is 5.56 Å². The molecular formula is C14H14BrN3O2. The van der Waals surface area contributed by atoms with E-state index < -0.39 is 0 Å². The molecule has 0 saturated heterocycles. The van der Waals surface area contributed by atoms with Crippen molar-refractivity contribution < 1.29 is 4.79 Å². The first-order valence-electron chi connectivity index (χ1n) is 6.14. The number of carbonyl (C=O) groups excluding carboxylic acids is 1. The molecule has 1 heterocycles. The van der Waals surface area contributed by atoms with Crippen molar-refractivity contribution in [2.24, 2.45) is 7.05 Å². The van der Waals surface area contributed by atoms with Gasteiger partial charge < -0.3 is 5.32 Å². The van der Waals surface area contributed by atoms with E-state index in [4.69, 9.17) is 0 Å². The summed E-state index contributed by atoms with van der Waals surface area (Å²) in [7, 11) is 1.59. The van der Waals surface area contributed by atoms with Crippen LogP contribution in [0, 0.1) is 0 Å². The molecule has 2 aromatic rings. The third-order valence-corrected chi connectivity index (χ3v) is 3.46. The van der Waals surface area contributed by atoms with Crippen LogP contribution in [0.1, 0.15) is 12.1 Å². The van der Waals surface area contributed by atoms with Crippen molar-refractivity contribution in [2.75, 3.05) is 5.32 Å². The highest BCUT2D eigenvalue weighted by Crippen LogP contribution is 2.21. The van der Waals surface area contributed by atoms with E-state index in [0.29, 0.717) is 12.8 Å². The van der Waals surface area contributed by atoms with E-state index in [2.05, 4.69) is 26.3 Å². The number of hydrogen-bond donors (Lipinski definition) is 1. The fraction of sp³-hybridized carbons (Fsp3) is 0.214. The lowest BCUT2D eigenvalue weighted by atomic mass is 10.2. The second kappa shape index (κ2) is 6.47. The molecule has 1 aromatic heterocycles. The first-order valence-corrected chi connectivity index (χ1v) is 6.93. The van der Waals surface area contributed by atoms with Crippen LogP contribution in [0.25, 0.3) is 0 Å². The summed E-state index contributed by atoms with van der Waals surface area (Å²) in [5.41, 5.74) is 1.30. The van der Waals surface area contributed by atoms with Gasteiger partial charge in [0, 0.05) is 30.4 Å². The maximum atomic E-state index is 11.9. The average Bonchev–Trinajstić information content (AvgIpc) is 2.43. The molecule has 2 rings (SSSR count). The number of anilines is 1. The van der Waals surface area contributed by atoms with Crippen LogP contribution in [0.2, 0.25) is 0 Å². The molecule has 0 bridgehead atoms. The minimum absolute atomic E-state index is 0.0902. The molecule has 0 spiro atoms. The van der Waals surface area contributed by atoms with E-state index in [1.807, 2.05) is 24.3 Å². The monoisotopic (exact) mass is 335 g/mol. The summed E-state index contributed by atoms with van der Waals surface area (Å²) in [5, 5.41) is 6.91. The van der Waals surface area contributed by atoms with Gasteiger partial charge in [0.1, 0.15) is 0 Å². The van der Waals surface area contributed by atoms with Crippen LogP contribution < -0.4 is 10.9 Å². The maximum absolute atomic E-state index is 11.9. The summed E-state index contributed by atoms with van der Waals surface area (Å²) in [4.78, 5) is 23.1. The molecule has 0 radical (unpaired) electrons. The van der Waals surface area contributed by atoms with E-state index in [1.165, 1.54) is 10.7 Å². The van der Waals surface area contributed by atoms with Crippen LogP contribution in [0.3, 0.4) is 0 Å². The summed E-state index contributed by atoms with van der Waals surface area (Å²) in [5.74, 6) is -0.0902. The van der Waals surface area contributed by atoms with Gasteiger partial charge in [-0.1, -0.05) is 12.1 Å². The molecule has 1 aromatic carbocycles. The molecule has 0 atom stereocenters. The van der Waals surface area contributed by atoms with Crippen LogP contribution in [0.5, 0.6) is 0 Å². The number of nitrogens with one attached hydrogen (secondary N) is 1. The molecule has 6 heteroatoms. The molecule has 1 amide bonds. The largest absolute Gasteiger partial charge is 0.325 e.